The summed E-state index contributed by atoms with van der Waals surface area (Å²) in [7, 11) is 0. The van der Waals surface area contributed by atoms with Gasteiger partial charge in [0, 0.05) is 11.1 Å². The van der Waals surface area contributed by atoms with Crippen molar-refractivity contribution < 1.29 is 14.3 Å². The van der Waals surface area contributed by atoms with E-state index in [9.17, 15) is 4.79 Å². The van der Waals surface area contributed by atoms with Gasteiger partial charge in [0.1, 0.15) is 11.5 Å². The van der Waals surface area contributed by atoms with E-state index < -0.39 is 6.09 Å². The number of fused-ring (bicyclic) bond motifs is 2. The van der Waals surface area contributed by atoms with Crippen LogP contribution in [0, 0.1) is 6.92 Å². The van der Waals surface area contributed by atoms with Crippen molar-refractivity contribution in [3.05, 3.63) is 59.2 Å². The monoisotopic (exact) mass is 283 g/mol. The summed E-state index contributed by atoms with van der Waals surface area (Å²) in [6.45, 7) is 4.13. The molecule has 0 unspecified atom stereocenters. The average molecular weight is 283 g/mol. The number of alkyl carbamates (subject to hydrolysis) is 1. The number of rotatable bonds is 2. The molecule has 108 valence electrons. The van der Waals surface area contributed by atoms with Gasteiger partial charge < -0.3 is 14.8 Å². The number of hydrogen-bond acceptors (Lipinski definition) is 3. The maximum atomic E-state index is 11.8. The van der Waals surface area contributed by atoms with E-state index in [-0.39, 0.29) is 6.04 Å². The molecule has 3 rings (SSSR count). The van der Waals surface area contributed by atoms with Gasteiger partial charge in [0.15, 0.2) is 0 Å². The first kappa shape index (κ1) is 13.5. The Morgan fingerprint density at radius 3 is 2.76 bits per heavy atom. The zero-order valence-electron chi connectivity index (χ0n) is 12.1. The highest BCUT2D eigenvalue weighted by atomic mass is 16.5. The molecule has 0 radical (unpaired) electrons. The van der Waals surface area contributed by atoms with Crippen LogP contribution in [0.1, 0.15) is 29.7 Å². The van der Waals surface area contributed by atoms with Gasteiger partial charge in [-0.1, -0.05) is 36.4 Å². The summed E-state index contributed by atoms with van der Waals surface area (Å²) in [6, 6.07) is 13.4. The Labute approximate surface area is 123 Å². The number of carbonyl (C=O) groups is 1. The van der Waals surface area contributed by atoms with Crippen molar-refractivity contribution in [1.82, 2.24) is 5.32 Å². The van der Waals surface area contributed by atoms with Crippen molar-refractivity contribution in [3.8, 4) is 11.5 Å². The van der Waals surface area contributed by atoms with Crippen LogP contribution in [0.4, 0.5) is 4.79 Å². The van der Waals surface area contributed by atoms with Crippen LogP contribution in [-0.2, 0) is 4.74 Å². The average Bonchev–Trinajstić information content (AvgIpc) is 2.48. The number of para-hydroxylation sites is 2. The maximum Gasteiger partial charge on any atom is 0.407 e. The standard InChI is InChI=1S/C17H17NO3/c1-3-20-17(19)18-15-12-8-4-5-10-14(12)21-16-11(2)7-6-9-13(15)16/h4-10,15H,3H2,1-2H3,(H,18,19)/t15-/m0/s1. The molecular formula is C17H17NO3. The molecule has 1 aliphatic heterocycles. The van der Waals surface area contributed by atoms with Gasteiger partial charge in [-0.15, -0.1) is 0 Å². The summed E-state index contributed by atoms with van der Waals surface area (Å²) in [5, 5.41) is 2.92. The highest BCUT2D eigenvalue weighted by Gasteiger charge is 2.29. The lowest BCUT2D eigenvalue weighted by molar-refractivity contribution is 0.149. The first-order valence-corrected chi connectivity index (χ1v) is 7.00. The third kappa shape index (κ3) is 2.44. The second-order valence-corrected chi connectivity index (χ2v) is 4.93. The molecule has 0 saturated heterocycles. The quantitative estimate of drug-likeness (QED) is 0.908. The zero-order chi connectivity index (χ0) is 14.8. The predicted molar refractivity (Wildman–Crippen MR) is 79.7 cm³/mol. The van der Waals surface area contributed by atoms with E-state index >= 15 is 0 Å². The van der Waals surface area contributed by atoms with Gasteiger partial charge in [-0.2, -0.15) is 0 Å². The Hall–Kier alpha value is -2.49. The molecule has 0 aromatic heterocycles. The van der Waals surface area contributed by atoms with Gasteiger partial charge in [-0.05, 0) is 25.5 Å². The molecular weight excluding hydrogens is 266 g/mol. The maximum absolute atomic E-state index is 11.8. The Kier molecular flexibility index (Phi) is 3.52. The number of ether oxygens (including phenoxy) is 2. The minimum absolute atomic E-state index is 0.260. The minimum Gasteiger partial charge on any atom is -0.456 e. The predicted octanol–water partition coefficient (Wildman–Crippen LogP) is 3.94. The first-order chi connectivity index (χ1) is 10.2. The van der Waals surface area contributed by atoms with Crippen molar-refractivity contribution in [1.29, 1.82) is 0 Å². The van der Waals surface area contributed by atoms with Crippen molar-refractivity contribution in [2.24, 2.45) is 0 Å². The Morgan fingerprint density at radius 1 is 1.19 bits per heavy atom. The van der Waals surface area contributed by atoms with Gasteiger partial charge in [0.05, 0.1) is 12.6 Å². The topological polar surface area (TPSA) is 47.6 Å². The van der Waals surface area contributed by atoms with Crippen LogP contribution in [0.15, 0.2) is 42.5 Å². The minimum atomic E-state index is -0.424. The molecule has 4 heteroatoms. The lowest BCUT2D eigenvalue weighted by atomic mass is 9.93. The van der Waals surface area contributed by atoms with E-state index in [1.807, 2.05) is 49.4 Å². The second-order valence-electron chi connectivity index (χ2n) is 4.93. The third-order valence-electron chi connectivity index (χ3n) is 3.53. The van der Waals surface area contributed by atoms with Crippen molar-refractivity contribution in [2.75, 3.05) is 6.61 Å². The van der Waals surface area contributed by atoms with Crippen LogP contribution in [0.25, 0.3) is 0 Å². The van der Waals surface area contributed by atoms with Crippen molar-refractivity contribution in [2.45, 2.75) is 19.9 Å². The summed E-state index contributed by atoms with van der Waals surface area (Å²) in [5.74, 6) is 1.57. The van der Waals surface area contributed by atoms with Crippen LogP contribution >= 0.6 is 0 Å². The molecule has 1 aliphatic rings. The summed E-state index contributed by atoms with van der Waals surface area (Å²) in [5.41, 5.74) is 2.92. The summed E-state index contributed by atoms with van der Waals surface area (Å²) < 4.78 is 11.0. The van der Waals surface area contributed by atoms with E-state index in [1.165, 1.54) is 0 Å². The van der Waals surface area contributed by atoms with Gasteiger partial charge in [0.25, 0.3) is 0 Å². The van der Waals surface area contributed by atoms with E-state index in [2.05, 4.69) is 5.32 Å². The van der Waals surface area contributed by atoms with Gasteiger partial charge in [-0.3, -0.25) is 0 Å². The molecule has 0 saturated carbocycles. The second kappa shape index (κ2) is 5.48. The Morgan fingerprint density at radius 2 is 1.95 bits per heavy atom. The molecule has 1 heterocycles. The molecule has 0 aliphatic carbocycles. The zero-order valence-corrected chi connectivity index (χ0v) is 12.1. The van der Waals surface area contributed by atoms with Crippen LogP contribution in [0.5, 0.6) is 11.5 Å². The molecule has 1 amide bonds. The SMILES string of the molecule is CCOC(=O)N[C@H]1c2ccccc2Oc2c(C)cccc21. The molecule has 2 aromatic carbocycles. The Balaban J connectivity index is 2.06. The summed E-state index contributed by atoms with van der Waals surface area (Å²) in [4.78, 5) is 11.8. The molecule has 0 spiro atoms. The lowest BCUT2D eigenvalue weighted by Gasteiger charge is -2.29. The molecule has 21 heavy (non-hydrogen) atoms. The van der Waals surface area contributed by atoms with E-state index in [0.29, 0.717) is 6.61 Å². The van der Waals surface area contributed by atoms with Crippen LogP contribution < -0.4 is 10.1 Å². The normalized spacial score (nSPS) is 15.4. The molecule has 0 bridgehead atoms. The molecule has 1 atom stereocenters. The van der Waals surface area contributed by atoms with E-state index in [4.69, 9.17) is 9.47 Å². The highest BCUT2D eigenvalue weighted by Crippen LogP contribution is 2.44. The number of nitrogens with one attached hydrogen (secondary N) is 1. The fourth-order valence-electron chi connectivity index (χ4n) is 2.58. The molecule has 2 aromatic rings. The summed E-state index contributed by atoms with van der Waals surface area (Å²) >= 11 is 0. The van der Waals surface area contributed by atoms with E-state index in [0.717, 1.165) is 28.2 Å². The number of hydrogen-bond donors (Lipinski definition) is 1. The molecule has 1 N–H and O–H groups in total. The first-order valence-electron chi connectivity index (χ1n) is 7.00. The van der Waals surface area contributed by atoms with Crippen LogP contribution in [0.2, 0.25) is 0 Å². The smallest absolute Gasteiger partial charge is 0.407 e. The third-order valence-corrected chi connectivity index (χ3v) is 3.53. The lowest BCUT2D eigenvalue weighted by Crippen LogP contribution is -2.31. The number of carbonyl (C=O) groups excluding carboxylic acids is 1. The van der Waals surface area contributed by atoms with Crippen LogP contribution in [0.3, 0.4) is 0 Å². The van der Waals surface area contributed by atoms with E-state index in [1.54, 1.807) is 6.92 Å². The molecule has 4 nitrogen and oxygen atoms in total. The van der Waals surface area contributed by atoms with Gasteiger partial charge in [0.2, 0.25) is 0 Å². The fraction of sp³-hybridized carbons (Fsp3) is 0.235. The fourth-order valence-corrected chi connectivity index (χ4v) is 2.58. The molecule has 0 fully saturated rings. The van der Waals surface area contributed by atoms with Gasteiger partial charge >= 0.3 is 6.09 Å². The van der Waals surface area contributed by atoms with Crippen LogP contribution in [-0.4, -0.2) is 12.7 Å². The highest BCUT2D eigenvalue weighted by molar-refractivity contribution is 5.70. The van der Waals surface area contributed by atoms with Crippen molar-refractivity contribution >= 4 is 6.09 Å². The van der Waals surface area contributed by atoms with Crippen molar-refractivity contribution in [3.63, 3.8) is 0 Å². The largest absolute Gasteiger partial charge is 0.456 e. The Bertz CT molecular complexity index is 681. The summed E-state index contributed by atoms with van der Waals surface area (Å²) in [6.07, 6.45) is -0.424. The number of amides is 1. The number of aryl methyl sites for hydroxylation is 1. The number of benzene rings is 2. The van der Waals surface area contributed by atoms with Gasteiger partial charge in [-0.25, -0.2) is 4.79 Å².